The molecule has 1 atom stereocenters. The van der Waals surface area contributed by atoms with Crippen molar-refractivity contribution in [1.29, 1.82) is 0 Å². The Morgan fingerprint density at radius 1 is 1.21 bits per heavy atom. The number of halogens is 5. The molecule has 10 heteroatoms. The summed E-state index contributed by atoms with van der Waals surface area (Å²) in [7, 11) is 0. The highest BCUT2D eigenvalue weighted by atomic mass is 19.4. The van der Waals surface area contributed by atoms with E-state index in [-0.39, 0.29) is 16.3 Å². The Labute approximate surface area is 133 Å². The Bertz CT molecular complexity index is 672. The normalized spacial score (nSPS) is 21.8. The minimum atomic E-state index is -5.71. The standard InChI is InChI=1S/C14H13F5N2O3/c1-8-3-5-10(6-4-8)11(22)21-12(23,7-9(2)20-21)13(15,16)24-14(17,18)19/h3-6,23H,7H2,1-2H3/t12-/m1/s1. The fourth-order valence-corrected chi connectivity index (χ4v) is 2.21. The van der Waals surface area contributed by atoms with E-state index in [1.54, 1.807) is 6.92 Å². The number of carbonyl (C=O) groups excluding carboxylic acids is 1. The van der Waals surface area contributed by atoms with Crippen molar-refractivity contribution in [2.45, 2.75) is 38.5 Å². The van der Waals surface area contributed by atoms with Gasteiger partial charge in [0.25, 0.3) is 11.6 Å². The maximum absolute atomic E-state index is 13.9. The largest absolute Gasteiger partial charge is 0.527 e. The van der Waals surface area contributed by atoms with Crippen molar-refractivity contribution in [3.05, 3.63) is 35.4 Å². The SMILES string of the molecule is CC1=NN(C(=O)c2ccc(C)cc2)[C@](O)(C(F)(F)OC(F)(F)F)C1. The zero-order chi connectivity index (χ0) is 18.3. The summed E-state index contributed by atoms with van der Waals surface area (Å²) in [5.41, 5.74) is -3.09. The fraction of sp³-hybridized carbons (Fsp3) is 0.429. The number of hydrazone groups is 1. The van der Waals surface area contributed by atoms with Crippen LogP contribution in [0.2, 0.25) is 0 Å². The molecule has 24 heavy (non-hydrogen) atoms. The molecule has 2 rings (SSSR count). The molecule has 0 saturated carbocycles. The molecule has 0 fully saturated rings. The van der Waals surface area contributed by atoms with Crippen LogP contribution in [0.5, 0.6) is 0 Å². The van der Waals surface area contributed by atoms with E-state index in [0.29, 0.717) is 0 Å². The number of hydrogen-bond acceptors (Lipinski definition) is 4. The number of aliphatic hydroxyl groups is 1. The van der Waals surface area contributed by atoms with Crippen LogP contribution in [-0.2, 0) is 4.74 Å². The molecule has 1 heterocycles. The van der Waals surface area contributed by atoms with Gasteiger partial charge in [0, 0.05) is 17.7 Å². The van der Waals surface area contributed by atoms with Crippen LogP contribution in [0.3, 0.4) is 0 Å². The molecule has 1 aromatic rings. The lowest BCUT2D eigenvalue weighted by molar-refractivity contribution is -0.468. The summed E-state index contributed by atoms with van der Waals surface area (Å²) >= 11 is 0. The van der Waals surface area contributed by atoms with Crippen LogP contribution in [0.15, 0.2) is 29.4 Å². The molecular weight excluding hydrogens is 339 g/mol. The number of aryl methyl sites for hydroxylation is 1. The molecule has 0 radical (unpaired) electrons. The van der Waals surface area contributed by atoms with Crippen molar-refractivity contribution in [2.24, 2.45) is 5.10 Å². The predicted octanol–water partition coefficient (Wildman–Crippen LogP) is 3.03. The Morgan fingerprint density at radius 3 is 2.25 bits per heavy atom. The van der Waals surface area contributed by atoms with Gasteiger partial charge in [0.2, 0.25) is 0 Å². The first-order chi connectivity index (χ1) is 10.9. The van der Waals surface area contributed by atoms with Crippen LogP contribution in [0.4, 0.5) is 22.0 Å². The van der Waals surface area contributed by atoms with Gasteiger partial charge in [0.05, 0.1) is 0 Å². The van der Waals surface area contributed by atoms with E-state index in [1.807, 2.05) is 0 Å². The lowest BCUT2D eigenvalue weighted by Crippen LogP contribution is -2.61. The van der Waals surface area contributed by atoms with Crippen molar-refractivity contribution in [1.82, 2.24) is 5.01 Å². The zero-order valence-electron chi connectivity index (χ0n) is 12.6. The van der Waals surface area contributed by atoms with Gasteiger partial charge < -0.3 is 5.11 Å². The number of ether oxygens (including phenoxy) is 1. The highest BCUT2D eigenvalue weighted by Gasteiger charge is 2.66. The lowest BCUT2D eigenvalue weighted by atomic mass is 10.1. The summed E-state index contributed by atoms with van der Waals surface area (Å²) in [5.74, 6) is -1.18. The number of rotatable bonds is 3. The topological polar surface area (TPSA) is 62.1 Å². The minimum Gasteiger partial charge on any atom is -0.362 e. The Morgan fingerprint density at radius 2 is 1.75 bits per heavy atom. The second-order valence-electron chi connectivity index (χ2n) is 5.38. The number of alkyl halides is 5. The second-order valence-corrected chi connectivity index (χ2v) is 5.38. The van der Waals surface area contributed by atoms with Crippen LogP contribution in [0, 0.1) is 6.92 Å². The fourth-order valence-electron chi connectivity index (χ4n) is 2.21. The van der Waals surface area contributed by atoms with Gasteiger partial charge in [-0.3, -0.25) is 4.79 Å². The van der Waals surface area contributed by atoms with Gasteiger partial charge in [-0.1, -0.05) is 17.7 Å². The first-order valence-electron chi connectivity index (χ1n) is 6.68. The van der Waals surface area contributed by atoms with E-state index in [0.717, 1.165) is 5.56 Å². The molecule has 1 amide bonds. The van der Waals surface area contributed by atoms with Gasteiger partial charge in [0.15, 0.2) is 0 Å². The first kappa shape index (κ1) is 18.3. The molecule has 0 bridgehead atoms. The molecule has 5 nitrogen and oxygen atoms in total. The van der Waals surface area contributed by atoms with Gasteiger partial charge in [-0.2, -0.15) is 18.9 Å². The Kier molecular flexibility index (Phi) is 4.40. The van der Waals surface area contributed by atoms with Gasteiger partial charge in [-0.15, -0.1) is 13.2 Å². The summed E-state index contributed by atoms with van der Waals surface area (Å²) in [5, 5.41) is 13.5. The van der Waals surface area contributed by atoms with Gasteiger partial charge in [-0.25, -0.2) is 4.74 Å². The van der Waals surface area contributed by atoms with Gasteiger partial charge in [-0.05, 0) is 26.0 Å². The third kappa shape index (κ3) is 3.39. The maximum atomic E-state index is 13.9. The molecule has 0 saturated heterocycles. The van der Waals surface area contributed by atoms with Crippen molar-refractivity contribution in [3.63, 3.8) is 0 Å². The van der Waals surface area contributed by atoms with E-state index in [4.69, 9.17) is 0 Å². The van der Waals surface area contributed by atoms with Crippen LogP contribution in [0.25, 0.3) is 0 Å². The number of hydrogen-bond donors (Lipinski definition) is 1. The number of nitrogens with zero attached hydrogens (tertiary/aromatic N) is 2. The second kappa shape index (κ2) is 5.78. The molecule has 132 valence electrons. The predicted molar refractivity (Wildman–Crippen MR) is 72.1 cm³/mol. The number of benzene rings is 1. The van der Waals surface area contributed by atoms with Crippen molar-refractivity contribution in [2.75, 3.05) is 0 Å². The third-order valence-corrected chi connectivity index (χ3v) is 3.32. The summed E-state index contributed by atoms with van der Waals surface area (Å²) in [6.45, 7) is 2.91. The average Bonchev–Trinajstić information content (AvgIpc) is 2.73. The molecule has 0 aromatic heterocycles. The van der Waals surface area contributed by atoms with Crippen LogP contribution in [0.1, 0.15) is 29.3 Å². The molecule has 0 unspecified atom stereocenters. The summed E-state index contributed by atoms with van der Waals surface area (Å²) in [6, 6.07) is 5.57. The highest BCUT2D eigenvalue weighted by molar-refractivity contribution is 5.97. The summed E-state index contributed by atoms with van der Waals surface area (Å²) in [4.78, 5) is 12.3. The van der Waals surface area contributed by atoms with E-state index in [1.165, 1.54) is 31.2 Å². The molecule has 0 aliphatic carbocycles. The monoisotopic (exact) mass is 352 g/mol. The number of carbonyl (C=O) groups is 1. The molecule has 1 aliphatic heterocycles. The smallest absolute Gasteiger partial charge is 0.362 e. The van der Waals surface area contributed by atoms with E-state index < -0.39 is 30.5 Å². The first-order valence-corrected chi connectivity index (χ1v) is 6.68. The number of amides is 1. The van der Waals surface area contributed by atoms with E-state index in [9.17, 15) is 31.9 Å². The molecular formula is C14H13F5N2O3. The van der Waals surface area contributed by atoms with Crippen LogP contribution >= 0.6 is 0 Å². The Balaban J connectivity index is 2.39. The summed E-state index contributed by atoms with van der Waals surface area (Å²) in [6.07, 6.45) is -11.8. The lowest BCUT2D eigenvalue weighted by Gasteiger charge is -2.36. The van der Waals surface area contributed by atoms with E-state index >= 15 is 0 Å². The van der Waals surface area contributed by atoms with Gasteiger partial charge in [0.1, 0.15) is 0 Å². The molecule has 1 aliphatic rings. The molecule has 0 spiro atoms. The summed E-state index contributed by atoms with van der Waals surface area (Å²) < 4.78 is 67.2. The Hall–Kier alpha value is -2.07. The quantitative estimate of drug-likeness (QED) is 0.851. The average molecular weight is 352 g/mol. The third-order valence-electron chi connectivity index (χ3n) is 3.32. The van der Waals surface area contributed by atoms with Gasteiger partial charge >= 0.3 is 12.5 Å². The van der Waals surface area contributed by atoms with Crippen LogP contribution < -0.4 is 0 Å². The van der Waals surface area contributed by atoms with Crippen molar-refractivity contribution in [3.8, 4) is 0 Å². The van der Waals surface area contributed by atoms with E-state index in [2.05, 4.69) is 9.84 Å². The molecule has 1 N–H and O–H groups in total. The zero-order valence-corrected chi connectivity index (χ0v) is 12.6. The highest BCUT2D eigenvalue weighted by Crippen LogP contribution is 2.43. The van der Waals surface area contributed by atoms with Crippen LogP contribution in [-0.4, -0.2) is 39.9 Å². The molecule has 1 aromatic carbocycles. The van der Waals surface area contributed by atoms with Crippen molar-refractivity contribution < 1.29 is 36.6 Å². The maximum Gasteiger partial charge on any atom is 0.527 e. The minimum absolute atomic E-state index is 0.0707. The van der Waals surface area contributed by atoms with Crippen molar-refractivity contribution >= 4 is 11.6 Å².